The van der Waals surface area contributed by atoms with Crippen molar-refractivity contribution < 1.29 is 23.2 Å². The van der Waals surface area contributed by atoms with Gasteiger partial charge in [-0.25, -0.2) is 13.9 Å². The molecule has 0 unspecified atom stereocenters. The Morgan fingerprint density at radius 3 is 2.47 bits per heavy atom. The number of hydrogen-bond donors (Lipinski definition) is 0. The van der Waals surface area contributed by atoms with Crippen LogP contribution in [0.4, 0.5) is 4.39 Å². The molecule has 30 heavy (non-hydrogen) atoms. The molecule has 0 atom stereocenters. The standard InChI is InChI=1S/C20H24BClFN3O4/c1-6-28-18(27)16-12-26(25-24-16)11-14(13-9-7-8-10-15(13)22)17(23)21-29-19(2,3)20(4,5)30-21/h7-10,12H,6,11H2,1-5H3. The first-order valence-electron chi connectivity index (χ1n) is 9.62. The van der Waals surface area contributed by atoms with Crippen LogP contribution in [0.2, 0.25) is 5.02 Å². The lowest BCUT2D eigenvalue weighted by atomic mass is 9.82. The van der Waals surface area contributed by atoms with Crippen LogP contribution in [0.15, 0.2) is 36.2 Å². The lowest BCUT2D eigenvalue weighted by molar-refractivity contribution is 0.00578. The largest absolute Gasteiger partial charge is 0.525 e. The van der Waals surface area contributed by atoms with Crippen molar-refractivity contribution in [3.05, 3.63) is 52.5 Å². The summed E-state index contributed by atoms with van der Waals surface area (Å²) >= 11 is 6.34. The van der Waals surface area contributed by atoms with Gasteiger partial charge in [-0.1, -0.05) is 35.0 Å². The average molecular weight is 436 g/mol. The van der Waals surface area contributed by atoms with Crippen molar-refractivity contribution in [2.75, 3.05) is 6.61 Å². The number of halogens is 2. The van der Waals surface area contributed by atoms with Gasteiger partial charge in [0.15, 0.2) is 5.69 Å². The molecule has 2 aromatic rings. The molecule has 1 fully saturated rings. The van der Waals surface area contributed by atoms with E-state index in [0.29, 0.717) is 10.6 Å². The fourth-order valence-corrected chi connectivity index (χ4v) is 3.17. The maximum absolute atomic E-state index is 15.7. The van der Waals surface area contributed by atoms with Gasteiger partial charge in [0.2, 0.25) is 0 Å². The minimum absolute atomic E-state index is 0.0337. The van der Waals surface area contributed by atoms with E-state index in [0.717, 1.165) is 0 Å². The van der Waals surface area contributed by atoms with Crippen LogP contribution < -0.4 is 0 Å². The molecule has 10 heteroatoms. The fourth-order valence-electron chi connectivity index (χ4n) is 2.92. The van der Waals surface area contributed by atoms with Gasteiger partial charge in [-0.2, -0.15) is 0 Å². The SMILES string of the molecule is CCOC(=O)c1cn(CC(=C(F)B2OC(C)(C)C(C)(C)O2)c2ccccc2Cl)nn1. The Balaban J connectivity index is 1.99. The topological polar surface area (TPSA) is 75.5 Å². The van der Waals surface area contributed by atoms with Gasteiger partial charge in [0.25, 0.3) is 0 Å². The molecule has 0 saturated carbocycles. The zero-order valence-corrected chi connectivity index (χ0v) is 18.4. The molecule has 1 saturated heterocycles. The van der Waals surface area contributed by atoms with Gasteiger partial charge >= 0.3 is 13.1 Å². The predicted octanol–water partition coefficient (Wildman–Crippen LogP) is 4.12. The summed E-state index contributed by atoms with van der Waals surface area (Å²) in [5, 5.41) is 8.09. The van der Waals surface area contributed by atoms with E-state index >= 15 is 4.39 Å². The smallest absolute Gasteiger partial charge is 0.461 e. The van der Waals surface area contributed by atoms with Crippen LogP contribution in [0.5, 0.6) is 0 Å². The molecule has 0 spiro atoms. The second kappa shape index (κ2) is 8.49. The monoisotopic (exact) mass is 435 g/mol. The minimum Gasteiger partial charge on any atom is -0.461 e. The molecule has 0 bridgehead atoms. The first-order valence-corrected chi connectivity index (χ1v) is 10.00. The molecule has 0 N–H and O–H groups in total. The summed E-state index contributed by atoms with van der Waals surface area (Å²) in [5.74, 6) is -0.599. The van der Waals surface area contributed by atoms with E-state index in [-0.39, 0.29) is 24.4 Å². The van der Waals surface area contributed by atoms with Crippen LogP contribution in [0.1, 0.15) is 50.7 Å². The number of benzene rings is 1. The average Bonchev–Trinajstić information content (AvgIpc) is 3.22. The van der Waals surface area contributed by atoms with E-state index in [1.165, 1.54) is 10.9 Å². The summed E-state index contributed by atoms with van der Waals surface area (Å²) in [6, 6.07) is 6.88. The Morgan fingerprint density at radius 2 is 1.87 bits per heavy atom. The van der Waals surface area contributed by atoms with Gasteiger partial charge in [-0.15, -0.1) is 5.10 Å². The predicted molar refractivity (Wildman–Crippen MR) is 112 cm³/mol. The van der Waals surface area contributed by atoms with E-state index in [4.69, 9.17) is 25.6 Å². The van der Waals surface area contributed by atoms with Crippen LogP contribution in [-0.2, 0) is 20.6 Å². The molecule has 0 amide bonds. The molecule has 1 aromatic heterocycles. The fraction of sp³-hybridized carbons (Fsp3) is 0.450. The third-order valence-electron chi connectivity index (χ3n) is 5.29. The second-order valence-electron chi connectivity index (χ2n) is 7.92. The number of esters is 1. The summed E-state index contributed by atoms with van der Waals surface area (Å²) in [4.78, 5) is 11.9. The van der Waals surface area contributed by atoms with Gasteiger partial charge in [0.1, 0.15) is 5.73 Å². The summed E-state index contributed by atoms with van der Waals surface area (Å²) in [7, 11) is -1.20. The van der Waals surface area contributed by atoms with Crippen molar-refractivity contribution in [1.29, 1.82) is 0 Å². The molecule has 0 radical (unpaired) electrons. The van der Waals surface area contributed by atoms with E-state index in [1.54, 1.807) is 31.2 Å². The Kier molecular flexibility index (Phi) is 6.36. The van der Waals surface area contributed by atoms with Crippen molar-refractivity contribution in [2.24, 2.45) is 0 Å². The quantitative estimate of drug-likeness (QED) is 0.502. The van der Waals surface area contributed by atoms with Crippen molar-refractivity contribution in [3.8, 4) is 0 Å². The molecular formula is C20H24BClFN3O4. The first kappa shape index (κ1) is 22.5. The van der Waals surface area contributed by atoms with Gasteiger partial charge in [-0.05, 0) is 40.7 Å². The molecule has 1 aromatic carbocycles. The lowest BCUT2D eigenvalue weighted by Crippen LogP contribution is -2.41. The highest BCUT2D eigenvalue weighted by molar-refractivity contribution is 6.55. The molecule has 7 nitrogen and oxygen atoms in total. The van der Waals surface area contributed by atoms with Crippen LogP contribution in [0.3, 0.4) is 0 Å². The van der Waals surface area contributed by atoms with Crippen molar-refractivity contribution in [1.82, 2.24) is 15.0 Å². The van der Waals surface area contributed by atoms with E-state index in [1.807, 2.05) is 27.7 Å². The normalized spacial score (nSPS) is 18.3. The lowest BCUT2D eigenvalue weighted by Gasteiger charge is -2.32. The maximum atomic E-state index is 15.7. The number of carbonyl (C=O) groups is 1. The van der Waals surface area contributed by atoms with E-state index in [2.05, 4.69) is 10.3 Å². The molecule has 2 heterocycles. The number of allylic oxidation sites excluding steroid dienone is 1. The Labute approximate surface area is 180 Å². The zero-order chi connectivity index (χ0) is 22.1. The number of ether oxygens (including phenoxy) is 1. The highest BCUT2D eigenvalue weighted by atomic mass is 35.5. The number of carbonyl (C=O) groups excluding carboxylic acids is 1. The van der Waals surface area contributed by atoms with E-state index < -0.39 is 30.0 Å². The highest BCUT2D eigenvalue weighted by Gasteiger charge is 2.53. The first-order chi connectivity index (χ1) is 14.1. The Morgan fingerprint density at radius 1 is 1.23 bits per heavy atom. The molecule has 1 aliphatic heterocycles. The maximum Gasteiger partial charge on any atom is 0.525 e. The molecule has 1 aliphatic rings. The van der Waals surface area contributed by atoms with Gasteiger partial charge in [0.05, 0.1) is 30.6 Å². The highest BCUT2D eigenvalue weighted by Crippen LogP contribution is 2.41. The van der Waals surface area contributed by atoms with E-state index in [9.17, 15) is 4.79 Å². The van der Waals surface area contributed by atoms with Gasteiger partial charge in [-0.3, -0.25) is 0 Å². The van der Waals surface area contributed by atoms with Crippen LogP contribution in [0, 0.1) is 0 Å². The minimum atomic E-state index is -1.20. The van der Waals surface area contributed by atoms with Gasteiger partial charge in [0, 0.05) is 16.2 Å². The van der Waals surface area contributed by atoms with Crippen molar-refractivity contribution in [2.45, 2.75) is 52.4 Å². The molecule has 160 valence electrons. The molecule has 0 aliphatic carbocycles. The Hall–Kier alpha value is -2.23. The number of nitrogens with zero attached hydrogens (tertiary/aromatic N) is 3. The van der Waals surface area contributed by atoms with Gasteiger partial charge < -0.3 is 14.0 Å². The third-order valence-corrected chi connectivity index (χ3v) is 5.62. The zero-order valence-electron chi connectivity index (χ0n) is 17.6. The van der Waals surface area contributed by atoms with Crippen molar-refractivity contribution in [3.63, 3.8) is 0 Å². The summed E-state index contributed by atoms with van der Waals surface area (Å²) in [6.45, 7) is 9.26. The van der Waals surface area contributed by atoms with Crippen LogP contribution >= 0.6 is 11.6 Å². The second-order valence-corrected chi connectivity index (χ2v) is 8.32. The van der Waals surface area contributed by atoms with Crippen LogP contribution in [0.25, 0.3) is 5.57 Å². The number of hydrogen-bond acceptors (Lipinski definition) is 6. The Bertz CT molecular complexity index is 960. The number of rotatable bonds is 6. The molecule has 3 rings (SSSR count). The summed E-state index contributed by atoms with van der Waals surface area (Å²) in [5.41, 5.74) is -1.30. The van der Waals surface area contributed by atoms with Crippen molar-refractivity contribution >= 4 is 30.3 Å². The summed E-state index contributed by atoms with van der Waals surface area (Å²) < 4.78 is 33.7. The third kappa shape index (κ3) is 4.43. The molecular weight excluding hydrogens is 412 g/mol. The van der Waals surface area contributed by atoms with Crippen LogP contribution in [-0.4, -0.2) is 45.9 Å². The summed E-state index contributed by atoms with van der Waals surface area (Å²) in [6.07, 6.45) is 1.40. The number of aromatic nitrogens is 3.